The van der Waals surface area contributed by atoms with Gasteiger partial charge in [-0.1, -0.05) is 19.1 Å². The number of piperidine rings is 1. The number of hydrogen-bond acceptors (Lipinski definition) is 3. The Morgan fingerprint density at radius 1 is 1.47 bits per heavy atom. The van der Waals surface area contributed by atoms with Gasteiger partial charge in [0.05, 0.1) is 12.5 Å². The Kier molecular flexibility index (Phi) is 4.93. The van der Waals surface area contributed by atoms with Gasteiger partial charge < -0.3 is 15.4 Å². The van der Waals surface area contributed by atoms with E-state index in [4.69, 9.17) is 4.74 Å². The summed E-state index contributed by atoms with van der Waals surface area (Å²) in [6.45, 7) is 4.51. The number of ether oxygens (including phenoxy) is 1. The number of nitrogens with one attached hydrogen (secondary N) is 2. The van der Waals surface area contributed by atoms with Crippen molar-refractivity contribution in [3.8, 4) is 0 Å². The largest absolute Gasteiger partial charge is 0.380 e. The molecule has 0 spiro atoms. The number of rotatable bonds is 4. The van der Waals surface area contributed by atoms with Crippen molar-refractivity contribution in [1.29, 1.82) is 0 Å². The third kappa shape index (κ3) is 4.04. The van der Waals surface area contributed by atoms with Crippen LogP contribution in [0.4, 0.5) is 5.69 Å². The molecule has 1 amide bonds. The van der Waals surface area contributed by atoms with Crippen molar-refractivity contribution in [2.45, 2.75) is 20.0 Å². The molecular formula is C15H22N2O2. The normalized spacial score (nSPS) is 23.1. The van der Waals surface area contributed by atoms with Crippen LogP contribution in [-0.4, -0.2) is 26.1 Å². The van der Waals surface area contributed by atoms with Crippen LogP contribution < -0.4 is 10.6 Å². The highest BCUT2D eigenvalue weighted by Crippen LogP contribution is 2.18. The Morgan fingerprint density at radius 2 is 2.32 bits per heavy atom. The number of methoxy groups -OCH3 is 1. The van der Waals surface area contributed by atoms with Gasteiger partial charge in [-0.05, 0) is 36.6 Å². The molecule has 19 heavy (non-hydrogen) atoms. The van der Waals surface area contributed by atoms with Crippen LogP contribution in [-0.2, 0) is 16.1 Å². The third-order valence-corrected chi connectivity index (χ3v) is 3.45. The summed E-state index contributed by atoms with van der Waals surface area (Å²) >= 11 is 0. The van der Waals surface area contributed by atoms with Crippen molar-refractivity contribution in [2.24, 2.45) is 11.8 Å². The molecule has 4 nitrogen and oxygen atoms in total. The average Bonchev–Trinajstić information content (AvgIpc) is 2.39. The van der Waals surface area contributed by atoms with Gasteiger partial charge in [-0.2, -0.15) is 0 Å². The standard InChI is InChI=1S/C15H22N2O2/c1-11-6-13(9-16-8-11)15(18)17-14-5-3-4-12(7-14)10-19-2/h3-5,7,11,13,16H,6,8-10H2,1-2H3,(H,17,18). The van der Waals surface area contributed by atoms with Crippen LogP contribution in [0.25, 0.3) is 0 Å². The van der Waals surface area contributed by atoms with E-state index in [0.29, 0.717) is 12.5 Å². The Labute approximate surface area is 114 Å². The molecule has 1 aliphatic heterocycles. The molecule has 0 aliphatic carbocycles. The van der Waals surface area contributed by atoms with E-state index >= 15 is 0 Å². The number of carbonyl (C=O) groups is 1. The van der Waals surface area contributed by atoms with Gasteiger partial charge in [0.2, 0.25) is 5.91 Å². The monoisotopic (exact) mass is 262 g/mol. The van der Waals surface area contributed by atoms with Crippen molar-refractivity contribution < 1.29 is 9.53 Å². The van der Waals surface area contributed by atoms with Crippen molar-refractivity contribution in [1.82, 2.24) is 5.32 Å². The minimum atomic E-state index is 0.0647. The van der Waals surface area contributed by atoms with Crippen LogP contribution in [0.2, 0.25) is 0 Å². The van der Waals surface area contributed by atoms with Crippen LogP contribution >= 0.6 is 0 Å². The van der Waals surface area contributed by atoms with Crippen LogP contribution in [0.15, 0.2) is 24.3 Å². The summed E-state index contributed by atoms with van der Waals surface area (Å²) in [4.78, 5) is 12.2. The molecule has 0 aromatic heterocycles. The van der Waals surface area contributed by atoms with E-state index in [0.717, 1.165) is 30.8 Å². The molecule has 1 heterocycles. The summed E-state index contributed by atoms with van der Waals surface area (Å²) in [5.41, 5.74) is 1.91. The molecule has 0 saturated carbocycles. The molecule has 2 unspecified atom stereocenters. The number of anilines is 1. The lowest BCUT2D eigenvalue weighted by atomic mass is 9.91. The minimum absolute atomic E-state index is 0.0647. The van der Waals surface area contributed by atoms with Gasteiger partial charge in [0.15, 0.2) is 0 Å². The lowest BCUT2D eigenvalue weighted by molar-refractivity contribution is -0.120. The molecule has 1 aliphatic rings. The molecule has 0 radical (unpaired) electrons. The molecule has 2 N–H and O–H groups in total. The van der Waals surface area contributed by atoms with Crippen molar-refractivity contribution in [3.63, 3.8) is 0 Å². The average molecular weight is 262 g/mol. The molecule has 2 atom stereocenters. The van der Waals surface area contributed by atoms with E-state index in [9.17, 15) is 4.79 Å². The van der Waals surface area contributed by atoms with E-state index < -0.39 is 0 Å². The van der Waals surface area contributed by atoms with Gasteiger partial charge in [0.25, 0.3) is 0 Å². The Hall–Kier alpha value is -1.39. The summed E-state index contributed by atoms with van der Waals surface area (Å²) in [6, 6.07) is 7.80. The van der Waals surface area contributed by atoms with Gasteiger partial charge >= 0.3 is 0 Å². The van der Waals surface area contributed by atoms with E-state index in [1.54, 1.807) is 7.11 Å². The summed E-state index contributed by atoms with van der Waals surface area (Å²) < 4.78 is 5.10. The maximum Gasteiger partial charge on any atom is 0.228 e. The first-order chi connectivity index (χ1) is 9.19. The van der Waals surface area contributed by atoms with Crippen LogP contribution in [0.1, 0.15) is 18.9 Å². The van der Waals surface area contributed by atoms with Gasteiger partial charge in [-0.15, -0.1) is 0 Å². The summed E-state index contributed by atoms with van der Waals surface area (Å²) in [5.74, 6) is 0.729. The maximum absolute atomic E-state index is 12.2. The molecule has 0 bridgehead atoms. The SMILES string of the molecule is COCc1cccc(NC(=O)C2CNCC(C)C2)c1. The molecule has 1 aromatic rings. The van der Waals surface area contributed by atoms with Crippen LogP contribution in [0, 0.1) is 11.8 Å². The fourth-order valence-corrected chi connectivity index (χ4v) is 2.51. The zero-order valence-corrected chi connectivity index (χ0v) is 11.6. The maximum atomic E-state index is 12.2. The first kappa shape index (κ1) is 14.0. The third-order valence-electron chi connectivity index (χ3n) is 3.45. The summed E-state index contributed by atoms with van der Waals surface area (Å²) in [5, 5.41) is 6.30. The second-order valence-corrected chi connectivity index (χ2v) is 5.32. The second kappa shape index (κ2) is 6.68. The predicted octanol–water partition coefficient (Wildman–Crippen LogP) is 2.02. The van der Waals surface area contributed by atoms with E-state index in [1.807, 2.05) is 24.3 Å². The van der Waals surface area contributed by atoms with E-state index in [-0.39, 0.29) is 11.8 Å². The highest BCUT2D eigenvalue weighted by Gasteiger charge is 2.24. The fourth-order valence-electron chi connectivity index (χ4n) is 2.51. The fraction of sp³-hybridized carbons (Fsp3) is 0.533. The Morgan fingerprint density at radius 3 is 3.05 bits per heavy atom. The van der Waals surface area contributed by atoms with E-state index in [1.165, 1.54) is 0 Å². The van der Waals surface area contributed by atoms with Crippen molar-refractivity contribution in [2.75, 3.05) is 25.5 Å². The number of hydrogen-bond donors (Lipinski definition) is 2. The van der Waals surface area contributed by atoms with Crippen molar-refractivity contribution in [3.05, 3.63) is 29.8 Å². The molecule has 104 valence electrons. The number of benzene rings is 1. The highest BCUT2D eigenvalue weighted by molar-refractivity contribution is 5.92. The molecule has 4 heteroatoms. The first-order valence-corrected chi connectivity index (χ1v) is 6.78. The zero-order valence-electron chi connectivity index (χ0n) is 11.6. The first-order valence-electron chi connectivity index (χ1n) is 6.78. The van der Waals surface area contributed by atoms with Gasteiger partial charge in [-0.3, -0.25) is 4.79 Å². The van der Waals surface area contributed by atoms with Crippen molar-refractivity contribution >= 4 is 11.6 Å². The van der Waals surface area contributed by atoms with Crippen LogP contribution in [0.5, 0.6) is 0 Å². The molecule has 2 rings (SSSR count). The Balaban J connectivity index is 1.96. The van der Waals surface area contributed by atoms with E-state index in [2.05, 4.69) is 17.6 Å². The smallest absolute Gasteiger partial charge is 0.228 e. The second-order valence-electron chi connectivity index (χ2n) is 5.32. The molecule has 1 fully saturated rings. The topological polar surface area (TPSA) is 50.4 Å². The quantitative estimate of drug-likeness (QED) is 0.873. The van der Waals surface area contributed by atoms with Crippen LogP contribution in [0.3, 0.4) is 0 Å². The lowest BCUT2D eigenvalue weighted by Gasteiger charge is -2.26. The van der Waals surface area contributed by atoms with Gasteiger partial charge in [0.1, 0.15) is 0 Å². The van der Waals surface area contributed by atoms with Gasteiger partial charge in [-0.25, -0.2) is 0 Å². The predicted molar refractivity (Wildman–Crippen MR) is 75.9 cm³/mol. The molecule has 1 saturated heterocycles. The summed E-state index contributed by atoms with van der Waals surface area (Å²) in [6.07, 6.45) is 0.955. The molecule has 1 aromatic carbocycles. The molecular weight excluding hydrogens is 240 g/mol. The Bertz CT molecular complexity index is 434. The highest BCUT2D eigenvalue weighted by atomic mass is 16.5. The lowest BCUT2D eigenvalue weighted by Crippen LogP contribution is -2.40. The minimum Gasteiger partial charge on any atom is -0.380 e. The zero-order chi connectivity index (χ0) is 13.7. The summed E-state index contributed by atoms with van der Waals surface area (Å²) in [7, 11) is 1.67. The number of amides is 1. The number of carbonyl (C=O) groups excluding carboxylic acids is 1. The van der Waals surface area contributed by atoms with Gasteiger partial charge in [0, 0.05) is 19.3 Å².